The Labute approximate surface area is 115 Å². The fourth-order valence-corrected chi connectivity index (χ4v) is 3.23. The molecule has 2 N–H and O–H groups in total. The molecule has 5 heteroatoms. The Kier molecular flexibility index (Phi) is 5.60. The van der Waals surface area contributed by atoms with Gasteiger partial charge in [0.1, 0.15) is 6.04 Å². The molecule has 0 aromatic rings. The Balaban J connectivity index is 1.68. The van der Waals surface area contributed by atoms with E-state index in [0.29, 0.717) is 6.54 Å². The predicted octanol–water partition coefficient (Wildman–Crippen LogP) is 0.467. The molecule has 2 aliphatic heterocycles. The maximum absolute atomic E-state index is 11.0. The van der Waals surface area contributed by atoms with Crippen molar-refractivity contribution in [3.8, 4) is 0 Å². The highest BCUT2D eigenvalue weighted by Crippen LogP contribution is 2.20. The van der Waals surface area contributed by atoms with Crippen LogP contribution in [-0.4, -0.2) is 73.2 Å². The summed E-state index contributed by atoms with van der Waals surface area (Å²) in [5.41, 5.74) is 0. The lowest BCUT2D eigenvalue weighted by Gasteiger charge is -2.34. The minimum Gasteiger partial charge on any atom is -0.480 e. The van der Waals surface area contributed by atoms with Gasteiger partial charge in [-0.15, -0.1) is 0 Å². The van der Waals surface area contributed by atoms with Crippen LogP contribution in [0.15, 0.2) is 0 Å². The zero-order valence-electron chi connectivity index (χ0n) is 12.0. The second kappa shape index (κ2) is 7.22. The van der Waals surface area contributed by atoms with Crippen LogP contribution in [0.3, 0.4) is 0 Å². The molecule has 0 aliphatic carbocycles. The average molecular weight is 269 g/mol. The molecule has 0 radical (unpaired) electrons. The van der Waals surface area contributed by atoms with Gasteiger partial charge in [0.05, 0.1) is 0 Å². The maximum Gasteiger partial charge on any atom is 0.322 e. The molecule has 2 saturated heterocycles. The van der Waals surface area contributed by atoms with Crippen LogP contribution < -0.4 is 5.32 Å². The van der Waals surface area contributed by atoms with E-state index in [1.165, 1.54) is 45.3 Å². The van der Waals surface area contributed by atoms with Crippen molar-refractivity contribution in [1.29, 1.82) is 0 Å². The second-order valence-electron chi connectivity index (χ2n) is 5.93. The zero-order valence-corrected chi connectivity index (χ0v) is 12.0. The van der Waals surface area contributed by atoms with Gasteiger partial charge in [0.2, 0.25) is 0 Å². The van der Waals surface area contributed by atoms with Crippen molar-refractivity contribution >= 4 is 5.97 Å². The molecule has 0 saturated carbocycles. The summed E-state index contributed by atoms with van der Waals surface area (Å²) in [6.45, 7) is 6.53. The van der Waals surface area contributed by atoms with Gasteiger partial charge < -0.3 is 20.2 Å². The van der Waals surface area contributed by atoms with Crippen LogP contribution in [0.25, 0.3) is 0 Å². The van der Waals surface area contributed by atoms with Crippen molar-refractivity contribution in [3.63, 3.8) is 0 Å². The molecule has 2 fully saturated rings. The number of likely N-dealkylation sites (N-methyl/N-ethyl adjacent to an activating group) is 1. The van der Waals surface area contributed by atoms with Crippen LogP contribution >= 0.6 is 0 Å². The van der Waals surface area contributed by atoms with Crippen LogP contribution in [0, 0.1) is 5.92 Å². The molecule has 1 atom stereocenters. The van der Waals surface area contributed by atoms with Crippen LogP contribution in [0.2, 0.25) is 0 Å². The molecule has 0 aromatic carbocycles. The number of aliphatic carboxylic acids is 1. The Morgan fingerprint density at radius 3 is 2.37 bits per heavy atom. The Morgan fingerprint density at radius 1 is 1.21 bits per heavy atom. The zero-order chi connectivity index (χ0) is 13.7. The topological polar surface area (TPSA) is 55.8 Å². The third-order valence-electron chi connectivity index (χ3n) is 4.51. The van der Waals surface area contributed by atoms with Crippen LogP contribution in [-0.2, 0) is 4.79 Å². The minimum absolute atomic E-state index is 0.435. The van der Waals surface area contributed by atoms with Crippen molar-refractivity contribution in [2.24, 2.45) is 5.92 Å². The first-order valence-electron chi connectivity index (χ1n) is 7.54. The van der Waals surface area contributed by atoms with Gasteiger partial charge in [0.25, 0.3) is 0 Å². The monoisotopic (exact) mass is 269 g/mol. The normalized spacial score (nSPS) is 24.7. The highest BCUT2D eigenvalue weighted by Gasteiger charge is 2.25. The van der Waals surface area contributed by atoms with E-state index in [4.69, 9.17) is 5.11 Å². The number of carbonyl (C=O) groups is 1. The highest BCUT2D eigenvalue weighted by molar-refractivity contribution is 5.73. The molecule has 2 aliphatic rings. The number of carboxylic acids is 1. The van der Waals surface area contributed by atoms with Gasteiger partial charge in [-0.05, 0) is 64.8 Å². The average Bonchev–Trinajstić information content (AvgIpc) is 2.90. The molecule has 2 heterocycles. The van der Waals surface area contributed by atoms with Gasteiger partial charge in [-0.25, -0.2) is 0 Å². The molecule has 0 spiro atoms. The van der Waals surface area contributed by atoms with E-state index in [2.05, 4.69) is 15.1 Å². The second-order valence-corrected chi connectivity index (χ2v) is 5.93. The van der Waals surface area contributed by atoms with E-state index in [0.717, 1.165) is 19.0 Å². The smallest absolute Gasteiger partial charge is 0.322 e. The van der Waals surface area contributed by atoms with Gasteiger partial charge in [0, 0.05) is 13.1 Å². The third-order valence-corrected chi connectivity index (χ3v) is 4.51. The van der Waals surface area contributed by atoms with Crippen molar-refractivity contribution in [2.45, 2.75) is 31.7 Å². The quantitative estimate of drug-likeness (QED) is 0.734. The van der Waals surface area contributed by atoms with Crippen molar-refractivity contribution in [3.05, 3.63) is 0 Å². The molecule has 5 nitrogen and oxygen atoms in total. The number of hydrogen-bond donors (Lipinski definition) is 2. The molecule has 110 valence electrons. The summed E-state index contributed by atoms with van der Waals surface area (Å²) >= 11 is 0. The van der Waals surface area contributed by atoms with E-state index in [1.807, 2.05) is 0 Å². The first kappa shape index (κ1) is 14.8. The standard InChI is InChI=1S/C14H27N3O2/c1-15-13(14(18)19)11-17-8-4-12(5-9-17)10-16-6-2-3-7-16/h12-13,15H,2-11H2,1H3,(H,18,19). The first-order chi connectivity index (χ1) is 9.19. The Morgan fingerprint density at radius 2 is 1.84 bits per heavy atom. The first-order valence-corrected chi connectivity index (χ1v) is 7.54. The summed E-state index contributed by atoms with van der Waals surface area (Å²) in [6.07, 6.45) is 5.15. The molecule has 0 bridgehead atoms. The SMILES string of the molecule is CNC(CN1CCC(CN2CCCC2)CC1)C(=O)O. The van der Waals surface area contributed by atoms with Crippen LogP contribution in [0.1, 0.15) is 25.7 Å². The van der Waals surface area contributed by atoms with E-state index in [-0.39, 0.29) is 0 Å². The maximum atomic E-state index is 11.0. The van der Waals surface area contributed by atoms with Crippen molar-refractivity contribution < 1.29 is 9.90 Å². The number of nitrogens with one attached hydrogen (secondary N) is 1. The lowest BCUT2D eigenvalue weighted by atomic mass is 9.96. The minimum atomic E-state index is -0.748. The lowest BCUT2D eigenvalue weighted by Crippen LogP contribution is -2.47. The van der Waals surface area contributed by atoms with E-state index in [1.54, 1.807) is 7.05 Å². The van der Waals surface area contributed by atoms with Gasteiger partial charge in [-0.2, -0.15) is 0 Å². The fraction of sp³-hybridized carbons (Fsp3) is 0.929. The molecule has 1 unspecified atom stereocenters. The molecule has 0 aromatic heterocycles. The fourth-order valence-electron chi connectivity index (χ4n) is 3.23. The summed E-state index contributed by atoms with van der Waals surface area (Å²) in [4.78, 5) is 15.9. The summed E-state index contributed by atoms with van der Waals surface area (Å²) in [5, 5.41) is 11.9. The largest absolute Gasteiger partial charge is 0.480 e. The summed E-state index contributed by atoms with van der Waals surface area (Å²) < 4.78 is 0. The van der Waals surface area contributed by atoms with Gasteiger partial charge in [-0.1, -0.05) is 0 Å². The van der Waals surface area contributed by atoms with Gasteiger partial charge in [0.15, 0.2) is 0 Å². The molecular formula is C14H27N3O2. The number of likely N-dealkylation sites (tertiary alicyclic amines) is 2. The predicted molar refractivity (Wildman–Crippen MR) is 75.3 cm³/mol. The van der Waals surface area contributed by atoms with Gasteiger partial charge in [-0.3, -0.25) is 4.79 Å². The van der Waals surface area contributed by atoms with Gasteiger partial charge >= 0.3 is 5.97 Å². The van der Waals surface area contributed by atoms with E-state index in [9.17, 15) is 4.79 Å². The lowest BCUT2D eigenvalue weighted by molar-refractivity contribution is -0.139. The third kappa shape index (κ3) is 4.44. The van der Waals surface area contributed by atoms with Crippen LogP contribution in [0.5, 0.6) is 0 Å². The molecule has 0 amide bonds. The number of carboxylic acid groups (broad SMARTS) is 1. The number of hydrogen-bond acceptors (Lipinski definition) is 4. The highest BCUT2D eigenvalue weighted by atomic mass is 16.4. The van der Waals surface area contributed by atoms with Crippen LogP contribution in [0.4, 0.5) is 0 Å². The summed E-state index contributed by atoms with van der Waals surface area (Å²) in [5.74, 6) is 0.0638. The van der Waals surface area contributed by atoms with E-state index >= 15 is 0 Å². The Bertz CT molecular complexity index is 284. The Hall–Kier alpha value is -0.650. The summed E-state index contributed by atoms with van der Waals surface area (Å²) in [6, 6.07) is -0.435. The number of rotatable bonds is 6. The van der Waals surface area contributed by atoms with Crippen molar-refractivity contribution in [2.75, 3.05) is 46.3 Å². The molecule has 19 heavy (non-hydrogen) atoms. The molecular weight excluding hydrogens is 242 g/mol. The number of nitrogens with zero attached hydrogens (tertiary/aromatic N) is 2. The summed E-state index contributed by atoms with van der Waals surface area (Å²) in [7, 11) is 1.72. The molecule has 2 rings (SSSR count). The van der Waals surface area contributed by atoms with Crippen molar-refractivity contribution in [1.82, 2.24) is 15.1 Å². The van der Waals surface area contributed by atoms with E-state index < -0.39 is 12.0 Å². The number of piperidine rings is 1.